The monoisotopic (exact) mass is 292 g/mol. The lowest BCUT2D eigenvalue weighted by Gasteiger charge is -2.29. The number of hydrogen-bond donors (Lipinski definition) is 1. The molecule has 21 heavy (non-hydrogen) atoms. The third-order valence-corrected chi connectivity index (χ3v) is 4.02. The summed E-state index contributed by atoms with van der Waals surface area (Å²) < 4.78 is 5.60. The van der Waals surface area contributed by atoms with Crippen molar-refractivity contribution in [3.63, 3.8) is 0 Å². The highest BCUT2D eigenvalue weighted by Crippen LogP contribution is 2.28. The van der Waals surface area contributed by atoms with Crippen LogP contribution in [0.5, 0.6) is 0 Å². The van der Waals surface area contributed by atoms with E-state index in [2.05, 4.69) is 4.98 Å². The second kappa shape index (κ2) is 5.64. The van der Waals surface area contributed by atoms with Crippen molar-refractivity contribution >= 4 is 11.8 Å². The van der Waals surface area contributed by atoms with Gasteiger partial charge in [-0.1, -0.05) is 20.8 Å². The zero-order chi connectivity index (χ0) is 15.8. The zero-order valence-corrected chi connectivity index (χ0v) is 13.4. The zero-order valence-electron chi connectivity index (χ0n) is 13.4. The Bertz CT molecular complexity index is 537. The first-order valence-corrected chi connectivity index (χ1v) is 7.30. The third kappa shape index (κ3) is 3.35. The number of pyridine rings is 1. The number of aromatic nitrogens is 1. The van der Waals surface area contributed by atoms with Crippen LogP contribution in [0.25, 0.3) is 0 Å². The Morgan fingerprint density at radius 3 is 2.57 bits per heavy atom. The summed E-state index contributed by atoms with van der Waals surface area (Å²) >= 11 is 0. The molecule has 2 heterocycles. The fourth-order valence-corrected chi connectivity index (χ4v) is 2.60. The van der Waals surface area contributed by atoms with Crippen LogP contribution in [0, 0.1) is 0 Å². The lowest BCUT2D eigenvalue weighted by Crippen LogP contribution is -2.37. The van der Waals surface area contributed by atoms with Crippen LogP contribution >= 0.6 is 0 Å². The van der Waals surface area contributed by atoms with E-state index in [9.17, 15) is 9.90 Å². The van der Waals surface area contributed by atoms with Crippen molar-refractivity contribution in [2.45, 2.75) is 51.7 Å². The number of rotatable bonds is 3. The molecule has 1 saturated heterocycles. The molecule has 0 amide bonds. The minimum atomic E-state index is -0.923. The van der Waals surface area contributed by atoms with Gasteiger partial charge in [-0.2, -0.15) is 0 Å². The number of nitrogens with zero attached hydrogens (tertiary/aromatic N) is 2. The van der Waals surface area contributed by atoms with E-state index in [0.29, 0.717) is 5.82 Å². The summed E-state index contributed by atoms with van der Waals surface area (Å²) in [6, 6.07) is 3.53. The number of aromatic carboxylic acids is 1. The van der Waals surface area contributed by atoms with Gasteiger partial charge < -0.3 is 14.7 Å². The second-order valence-corrected chi connectivity index (χ2v) is 6.70. The molecule has 1 fully saturated rings. The SMILES string of the molecule is CC1OCCC1N(C)c1cc(C(=O)O)cc(C(C)(C)C)n1. The topological polar surface area (TPSA) is 62.7 Å². The number of hydrogen-bond acceptors (Lipinski definition) is 4. The van der Waals surface area contributed by atoms with E-state index in [4.69, 9.17) is 4.74 Å². The Hall–Kier alpha value is -1.62. The van der Waals surface area contributed by atoms with E-state index in [1.807, 2.05) is 39.6 Å². The van der Waals surface area contributed by atoms with Crippen molar-refractivity contribution in [1.82, 2.24) is 4.98 Å². The summed E-state index contributed by atoms with van der Waals surface area (Å²) in [5, 5.41) is 9.33. The molecule has 5 nitrogen and oxygen atoms in total. The highest BCUT2D eigenvalue weighted by atomic mass is 16.5. The molecule has 116 valence electrons. The molecule has 0 saturated carbocycles. The van der Waals surface area contributed by atoms with Gasteiger partial charge in [0.25, 0.3) is 0 Å². The molecule has 0 radical (unpaired) electrons. The highest BCUT2D eigenvalue weighted by molar-refractivity contribution is 5.88. The fourth-order valence-electron chi connectivity index (χ4n) is 2.60. The van der Waals surface area contributed by atoms with Gasteiger partial charge >= 0.3 is 5.97 Å². The number of carbonyl (C=O) groups is 1. The molecule has 5 heteroatoms. The maximum absolute atomic E-state index is 11.4. The van der Waals surface area contributed by atoms with Crippen molar-refractivity contribution in [3.8, 4) is 0 Å². The number of ether oxygens (including phenoxy) is 1. The minimum absolute atomic E-state index is 0.128. The molecule has 0 aromatic carbocycles. The van der Waals surface area contributed by atoms with E-state index < -0.39 is 5.97 Å². The first-order chi connectivity index (χ1) is 9.70. The largest absolute Gasteiger partial charge is 0.478 e. The van der Waals surface area contributed by atoms with E-state index in [-0.39, 0.29) is 23.1 Å². The maximum atomic E-state index is 11.4. The van der Waals surface area contributed by atoms with Gasteiger partial charge in [0.15, 0.2) is 0 Å². The van der Waals surface area contributed by atoms with Crippen molar-refractivity contribution < 1.29 is 14.6 Å². The number of likely N-dealkylation sites (N-methyl/N-ethyl adjacent to an activating group) is 1. The first kappa shape index (κ1) is 15.8. The number of carboxylic acids is 1. The van der Waals surface area contributed by atoms with E-state index in [1.54, 1.807) is 12.1 Å². The summed E-state index contributed by atoms with van der Waals surface area (Å²) in [7, 11) is 1.95. The van der Waals surface area contributed by atoms with Crippen molar-refractivity contribution in [2.24, 2.45) is 0 Å². The van der Waals surface area contributed by atoms with Crippen molar-refractivity contribution in [3.05, 3.63) is 23.4 Å². The minimum Gasteiger partial charge on any atom is -0.478 e. The van der Waals surface area contributed by atoms with Crippen LogP contribution in [0.15, 0.2) is 12.1 Å². The molecule has 1 N–H and O–H groups in total. The standard InChI is InChI=1S/C16H24N2O3/c1-10-12(6-7-21-10)18(5)14-9-11(15(19)20)8-13(17-14)16(2,3)4/h8-10,12H,6-7H2,1-5H3,(H,19,20). The van der Waals surface area contributed by atoms with E-state index in [1.165, 1.54) is 0 Å². The fraction of sp³-hybridized carbons (Fsp3) is 0.625. The van der Waals surface area contributed by atoms with Crippen LogP contribution < -0.4 is 4.90 Å². The van der Waals surface area contributed by atoms with Gasteiger partial charge in [-0.3, -0.25) is 0 Å². The number of carboxylic acid groups (broad SMARTS) is 1. The molecule has 2 rings (SSSR count). The van der Waals surface area contributed by atoms with E-state index in [0.717, 1.165) is 18.7 Å². The van der Waals surface area contributed by atoms with Crippen LogP contribution in [0.4, 0.5) is 5.82 Å². The normalized spacial score (nSPS) is 22.3. The van der Waals surface area contributed by atoms with Crippen LogP contribution in [-0.2, 0) is 10.2 Å². The number of anilines is 1. The van der Waals surface area contributed by atoms with Gasteiger partial charge in [0.2, 0.25) is 0 Å². The first-order valence-electron chi connectivity index (χ1n) is 7.30. The Morgan fingerprint density at radius 1 is 1.43 bits per heavy atom. The molecule has 2 unspecified atom stereocenters. The molecule has 1 aliphatic rings. The Morgan fingerprint density at radius 2 is 2.10 bits per heavy atom. The Balaban J connectivity index is 2.42. The predicted molar refractivity (Wildman–Crippen MR) is 82.1 cm³/mol. The average Bonchev–Trinajstić information content (AvgIpc) is 2.82. The predicted octanol–water partition coefficient (Wildman–Crippen LogP) is 2.69. The summed E-state index contributed by atoms with van der Waals surface area (Å²) in [5.74, 6) is -0.226. The highest BCUT2D eigenvalue weighted by Gasteiger charge is 2.30. The van der Waals surface area contributed by atoms with E-state index >= 15 is 0 Å². The van der Waals surface area contributed by atoms with Gasteiger partial charge in [-0.25, -0.2) is 9.78 Å². The molecule has 0 bridgehead atoms. The second-order valence-electron chi connectivity index (χ2n) is 6.70. The van der Waals surface area contributed by atoms with Crippen LogP contribution in [-0.4, -0.2) is 41.9 Å². The molecule has 0 spiro atoms. The van der Waals surface area contributed by atoms with Gasteiger partial charge in [0, 0.05) is 24.8 Å². The van der Waals surface area contributed by atoms with Gasteiger partial charge in [0.05, 0.1) is 17.7 Å². The summed E-state index contributed by atoms with van der Waals surface area (Å²) in [6.45, 7) is 8.88. The molecule has 1 aromatic rings. The Labute approximate surface area is 125 Å². The average molecular weight is 292 g/mol. The lowest BCUT2D eigenvalue weighted by molar-refractivity contribution is 0.0696. The van der Waals surface area contributed by atoms with Crippen LogP contribution in [0.2, 0.25) is 0 Å². The smallest absolute Gasteiger partial charge is 0.335 e. The van der Waals surface area contributed by atoms with Gasteiger partial charge in [-0.05, 0) is 25.5 Å². The maximum Gasteiger partial charge on any atom is 0.335 e. The molecular formula is C16H24N2O3. The quantitative estimate of drug-likeness (QED) is 0.928. The van der Waals surface area contributed by atoms with Gasteiger partial charge in [0.1, 0.15) is 5.82 Å². The molecule has 1 aliphatic heterocycles. The molecule has 0 aliphatic carbocycles. The summed E-state index contributed by atoms with van der Waals surface area (Å²) in [5.41, 5.74) is 0.873. The van der Waals surface area contributed by atoms with Crippen LogP contribution in [0.1, 0.15) is 50.2 Å². The summed E-state index contributed by atoms with van der Waals surface area (Å²) in [4.78, 5) is 18.1. The van der Waals surface area contributed by atoms with Crippen molar-refractivity contribution in [2.75, 3.05) is 18.6 Å². The van der Waals surface area contributed by atoms with Gasteiger partial charge in [-0.15, -0.1) is 0 Å². The third-order valence-electron chi connectivity index (χ3n) is 4.02. The lowest BCUT2D eigenvalue weighted by atomic mass is 9.90. The molecule has 2 atom stereocenters. The molecule has 1 aromatic heterocycles. The van der Waals surface area contributed by atoms with Crippen LogP contribution in [0.3, 0.4) is 0 Å². The summed E-state index contributed by atoms with van der Waals surface area (Å²) in [6.07, 6.45) is 1.06. The Kier molecular flexibility index (Phi) is 4.23. The van der Waals surface area contributed by atoms with Crippen molar-refractivity contribution in [1.29, 1.82) is 0 Å². The molecular weight excluding hydrogens is 268 g/mol.